The van der Waals surface area contributed by atoms with E-state index in [0.717, 1.165) is 11.3 Å². The summed E-state index contributed by atoms with van der Waals surface area (Å²) in [5.74, 6) is -0.283. The molecule has 2 N–H and O–H groups in total. The van der Waals surface area contributed by atoms with Crippen LogP contribution < -0.4 is 0 Å². The number of rotatable bonds is 2. The average molecular weight is 293 g/mol. The molecule has 104 valence electrons. The topological polar surface area (TPSA) is 75.3 Å². The summed E-state index contributed by atoms with van der Waals surface area (Å²) in [6.45, 7) is 0.586. The number of fused-ring (bicyclic) bond motifs is 1. The van der Waals surface area contributed by atoms with Crippen LogP contribution in [-0.4, -0.2) is 25.7 Å². The van der Waals surface area contributed by atoms with Crippen LogP contribution >= 0.6 is 11.6 Å². The number of benzene rings is 1. The molecule has 0 bridgehead atoms. The summed E-state index contributed by atoms with van der Waals surface area (Å²) in [6, 6.07) is 6.72. The van der Waals surface area contributed by atoms with Gasteiger partial charge in [-0.1, -0.05) is 11.6 Å². The molecule has 0 saturated heterocycles. The van der Waals surface area contributed by atoms with Gasteiger partial charge < -0.3 is 14.8 Å². The average Bonchev–Trinajstić information content (AvgIpc) is 2.76. The van der Waals surface area contributed by atoms with Gasteiger partial charge in [-0.15, -0.1) is 0 Å². The van der Waals surface area contributed by atoms with Crippen LogP contribution in [0.3, 0.4) is 0 Å². The minimum Gasteiger partial charge on any atom is -0.508 e. The second-order valence-corrected chi connectivity index (χ2v) is 5.26. The molecule has 6 heteroatoms. The first kappa shape index (κ1) is 13.0. The Kier molecular flexibility index (Phi) is 3.14. The zero-order valence-electron chi connectivity index (χ0n) is 10.6. The number of aromatic hydroxyl groups is 1. The van der Waals surface area contributed by atoms with E-state index in [-0.39, 0.29) is 5.75 Å². The van der Waals surface area contributed by atoms with E-state index >= 15 is 0 Å². The van der Waals surface area contributed by atoms with E-state index in [2.05, 4.69) is 4.98 Å². The van der Waals surface area contributed by atoms with Gasteiger partial charge in [0.1, 0.15) is 11.6 Å². The van der Waals surface area contributed by atoms with Crippen molar-refractivity contribution in [1.82, 2.24) is 9.55 Å². The molecule has 0 radical (unpaired) electrons. The molecule has 20 heavy (non-hydrogen) atoms. The molecule has 0 fully saturated rings. The molecule has 2 heterocycles. The molecule has 3 rings (SSSR count). The van der Waals surface area contributed by atoms with Crippen LogP contribution in [0.2, 0.25) is 5.15 Å². The molecular formula is C14H13ClN2O3. The smallest absolute Gasteiger partial charge is 0.306 e. The summed E-state index contributed by atoms with van der Waals surface area (Å²) < 4.78 is 1.97. The first-order chi connectivity index (χ1) is 9.56. The number of imidazole rings is 1. The van der Waals surface area contributed by atoms with Crippen molar-refractivity contribution in [3.63, 3.8) is 0 Å². The predicted octanol–water partition coefficient (Wildman–Crippen LogP) is 2.56. The van der Waals surface area contributed by atoms with Crippen molar-refractivity contribution in [1.29, 1.82) is 0 Å². The van der Waals surface area contributed by atoms with Gasteiger partial charge in [-0.05, 0) is 30.7 Å². The Balaban J connectivity index is 2.02. The molecule has 0 spiro atoms. The number of nitrogens with zero attached hydrogens (tertiary/aromatic N) is 2. The maximum atomic E-state index is 11.1. The number of carboxylic acid groups (broad SMARTS) is 1. The van der Waals surface area contributed by atoms with Crippen molar-refractivity contribution in [2.24, 2.45) is 5.92 Å². The van der Waals surface area contributed by atoms with Gasteiger partial charge in [-0.2, -0.15) is 0 Å². The second-order valence-electron chi connectivity index (χ2n) is 4.90. The van der Waals surface area contributed by atoms with E-state index in [9.17, 15) is 9.90 Å². The highest BCUT2D eigenvalue weighted by Gasteiger charge is 2.29. The zero-order valence-corrected chi connectivity index (χ0v) is 11.3. The van der Waals surface area contributed by atoms with Crippen LogP contribution in [0.25, 0.3) is 11.4 Å². The van der Waals surface area contributed by atoms with E-state index in [4.69, 9.17) is 16.7 Å². The van der Waals surface area contributed by atoms with Gasteiger partial charge >= 0.3 is 5.97 Å². The first-order valence-corrected chi connectivity index (χ1v) is 6.71. The van der Waals surface area contributed by atoms with Gasteiger partial charge in [0.2, 0.25) is 0 Å². The van der Waals surface area contributed by atoms with Crippen LogP contribution in [0.4, 0.5) is 0 Å². The molecule has 1 aromatic carbocycles. The molecule has 1 aliphatic rings. The van der Waals surface area contributed by atoms with Crippen molar-refractivity contribution in [2.75, 3.05) is 0 Å². The lowest BCUT2D eigenvalue weighted by Crippen LogP contribution is -2.25. The summed E-state index contributed by atoms with van der Waals surface area (Å²) in [5, 5.41) is 18.8. The molecule has 5 nitrogen and oxygen atoms in total. The Hall–Kier alpha value is -2.01. The Morgan fingerprint density at radius 1 is 1.35 bits per heavy atom. The third kappa shape index (κ3) is 2.14. The summed E-state index contributed by atoms with van der Waals surface area (Å²) in [5.41, 5.74) is 1.62. The molecular weight excluding hydrogens is 280 g/mol. The number of hydrogen-bond donors (Lipinski definition) is 2. The zero-order chi connectivity index (χ0) is 14.3. The normalized spacial score (nSPS) is 17.8. The Bertz CT molecular complexity index is 664. The van der Waals surface area contributed by atoms with E-state index in [1.54, 1.807) is 24.3 Å². The minimum atomic E-state index is -0.792. The molecule has 1 aromatic heterocycles. The monoisotopic (exact) mass is 292 g/mol. The molecule has 0 aliphatic carbocycles. The van der Waals surface area contributed by atoms with Gasteiger partial charge in [-0.25, -0.2) is 4.98 Å². The molecule has 0 amide bonds. The number of phenolic OH excluding ortho intramolecular Hbond substituents is 1. The first-order valence-electron chi connectivity index (χ1n) is 6.33. The Morgan fingerprint density at radius 2 is 2.05 bits per heavy atom. The van der Waals surface area contributed by atoms with Crippen LogP contribution in [0, 0.1) is 5.92 Å². The predicted molar refractivity (Wildman–Crippen MR) is 73.8 cm³/mol. The van der Waals surface area contributed by atoms with E-state index in [1.165, 1.54) is 0 Å². The molecule has 2 aromatic rings. The minimum absolute atomic E-state index is 0.191. The Morgan fingerprint density at radius 3 is 2.70 bits per heavy atom. The fourth-order valence-corrected chi connectivity index (χ4v) is 2.81. The van der Waals surface area contributed by atoms with E-state index < -0.39 is 11.9 Å². The number of hydrogen-bond acceptors (Lipinski definition) is 3. The Labute approximate surface area is 120 Å². The summed E-state index contributed by atoms with van der Waals surface area (Å²) in [6.07, 6.45) is 0.972. The second kappa shape index (κ2) is 4.83. The van der Waals surface area contributed by atoms with Crippen molar-refractivity contribution in [2.45, 2.75) is 19.4 Å². The van der Waals surface area contributed by atoms with Gasteiger partial charge in [0.25, 0.3) is 0 Å². The van der Waals surface area contributed by atoms with Gasteiger partial charge in [-0.3, -0.25) is 4.79 Å². The van der Waals surface area contributed by atoms with E-state index in [1.807, 2.05) is 4.57 Å². The maximum absolute atomic E-state index is 11.1. The summed E-state index contributed by atoms with van der Waals surface area (Å²) >= 11 is 6.14. The number of carboxylic acids is 1. The van der Waals surface area contributed by atoms with Crippen LogP contribution in [-0.2, 0) is 17.8 Å². The number of phenols is 1. The number of aromatic nitrogens is 2. The van der Waals surface area contributed by atoms with Crippen molar-refractivity contribution >= 4 is 17.6 Å². The van der Waals surface area contributed by atoms with Gasteiger partial charge in [0.15, 0.2) is 5.15 Å². The summed E-state index contributed by atoms with van der Waals surface area (Å²) in [4.78, 5) is 15.4. The van der Waals surface area contributed by atoms with E-state index in [0.29, 0.717) is 30.4 Å². The van der Waals surface area contributed by atoms with Crippen molar-refractivity contribution in [3.05, 3.63) is 35.1 Å². The lowest BCUT2D eigenvalue weighted by Gasteiger charge is -2.22. The SMILES string of the molecule is O=C(O)C1CCn2c(-c3ccc(O)cc3)nc(Cl)c2C1. The lowest BCUT2D eigenvalue weighted by atomic mass is 9.96. The van der Waals surface area contributed by atoms with Crippen LogP contribution in [0.1, 0.15) is 12.1 Å². The highest BCUT2D eigenvalue weighted by Crippen LogP contribution is 2.32. The van der Waals surface area contributed by atoms with Gasteiger partial charge in [0.05, 0.1) is 11.6 Å². The molecule has 1 unspecified atom stereocenters. The fourth-order valence-electron chi connectivity index (χ4n) is 2.55. The standard InChI is InChI=1S/C14H13ClN2O3/c15-12-11-7-9(14(19)20)5-6-17(11)13(16-12)8-1-3-10(18)4-2-8/h1-4,9,18H,5-7H2,(H,19,20). The molecule has 1 aliphatic heterocycles. The largest absolute Gasteiger partial charge is 0.508 e. The van der Waals surface area contributed by atoms with Crippen LogP contribution in [0.5, 0.6) is 5.75 Å². The fraction of sp³-hybridized carbons (Fsp3) is 0.286. The molecule has 0 saturated carbocycles. The number of halogens is 1. The van der Waals surface area contributed by atoms with Crippen molar-refractivity contribution < 1.29 is 15.0 Å². The van der Waals surface area contributed by atoms with Crippen molar-refractivity contribution in [3.8, 4) is 17.1 Å². The molecule has 1 atom stereocenters. The highest BCUT2D eigenvalue weighted by molar-refractivity contribution is 6.30. The third-order valence-electron chi connectivity index (χ3n) is 3.64. The third-order valence-corrected chi connectivity index (χ3v) is 3.94. The number of aliphatic carboxylic acids is 1. The lowest BCUT2D eigenvalue weighted by molar-refractivity contribution is -0.142. The maximum Gasteiger partial charge on any atom is 0.306 e. The highest BCUT2D eigenvalue weighted by atomic mass is 35.5. The van der Waals surface area contributed by atoms with Crippen LogP contribution in [0.15, 0.2) is 24.3 Å². The van der Waals surface area contributed by atoms with Gasteiger partial charge in [0, 0.05) is 18.5 Å². The quantitative estimate of drug-likeness (QED) is 0.892. The summed E-state index contributed by atoms with van der Waals surface area (Å²) in [7, 11) is 0. The number of carbonyl (C=O) groups is 1.